The summed E-state index contributed by atoms with van der Waals surface area (Å²) in [6.45, 7) is 2.67. The van der Waals surface area contributed by atoms with E-state index >= 15 is 0 Å². The molecule has 0 bridgehead atoms. The summed E-state index contributed by atoms with van der Waals surface area (Å²) in [5, 5.41) is 0. The van der Waals surface area contributed by atoms with Crippen molar-refractivity contribution in [1.82, 2.24) is 0 Å². The van der Waals surface area contributed by atoms with Gasteiger partial charge in [0, 0.05) is 0 Å². The molecule has 0 N–H and O–H groups in total. The van der Waals surface area contributed by atoms with E-state index in [4.69, 9.17) is 0 Å². The highest BCUT2D eigenvalue weighted by atomic mass is 32.7. The van der Waals surface area contributed by atoms with Gasteiger partial charge in [-0.2, -0.15) is 0 Å². The molecule has 1 rings (SSSR count). The molecule has 0 nitrogen and oxygen atoms in total. The molecule has 1 heterocycles. The van der Waals surface area contributed by atoms with Crippen LogP contribution in [0.1, 0.15) is 13.3 Å². The fraction of sp³-hybridized carbons (Fsp3) is 1.00. The van der Waals surface area contributed by atoms with E-state index < -0.39 is 0 Å². The van der Waals surface area contributed by atoms with E-state index in [2.05, 4.69) is 42.6 Å². The minimum atomic E-state index is 0.149. The molecule has 7 heteroatoms. The summed E-state index contributed by atoms with van der Waals surface area (Å²) in [6.07, 6.45) is 2.99. The van der Waals surface area contributed by atoms with Crippen LogP contribution in [0.15, 0.2) is 0 Å². The lowest BCUT2D eigenvalue weighted by Gasteiger charge is -2.25. The second kappa shape index (κ2) is 5.92. The molecule has 1 fully saturated rings. The Morgan fingerprint density at radius 1 is 1.25 bits per heavy atom. The quantitative estimate of drug-likeness (QED) is 0.649. The van der Waals surface area contributed by atoms with Gasteiger partial charge in [-0.25, -0.2) is 0 Å². The van der Waals surface area contributed by atoms with Crippen molar-refractivity contribution in [3.63, 3.8) is 0 Å². The molecule has 0 aliphatic carbocycles. The molecule has 0 radical (unpaired) electrons. The lowest BCUT2D eigenvalue weighted by molar-refractivity contribution is 0.855. The van der Waals surface area contributed by atoms with Crippen LogP contribution in [0.25, 0.3) is 0 Å². The Morgan fingerprint density at radius 2 is 1.83 bits per heavy atom. The van der Waals surface area contributed by atoms with Gasteiger partial charge in [-0.15, -0.1) is 35.7 Å². The van der Waals surface area contributed by atoms with Gasteiger partial charge in [-0.05, 0) is 30.9 Å². The van der Waals surface area contributed by atoms with Crippen LogP contribution < -0.4 is 0 Å². The van der Waals surface area contributed by atoms with Gasteiger partial charge >= 0.3 is 0 Å². The molecule has 7 atom stereocenters. The third-order valence-corrected chi connectivity index (χ3v) is 17.8. The highest BCUT2D eigenvalue weighted by Gasteiger charge is 2.35. The van der Waals surface area contributed by atoms with Gasteiger partial charge in [0.15, 0.2) is 0 Å². The van der Waals surface area contributed by atoms with Crippen LogP contribution in [0, 0.1) is 0 Å². The maximum Gasteiger partial charge on any atom is -0.00693 e. The Morgan fingerprint density at radius 3 is 2.08 bits per heavy atom. The van der Waals surface area contributed by atoms with Crippen LogP contribution in [0.5, 0.6) is 0 Å². The molecule has 12 heavy (non-hydrogen) atoms. The number of hydrogen-bond acceptors (Lipinski definition) is 0. The van der Waals surface area contributed by atoms with Crippen LogP contribution in [-0.4, -0.2) is 17.5 Å². The normalized spacial score (nSPS) is 36.8. The summed E-state index contributed by atoms with van der Waals surface area (Å²) in [5.41, 5.74) is 2.01. The van der Waals surface area contributed by atoms with Crippen molar-refractivity contribution in [1.29, 1.82) is 0 Å². The first-order valence-electron chi connectivity index (χ1n) is 3.88. The van der Waals surface area contributed by atoms with Crippen LogP contribution in [-0.2, 0) is 0 Å². The van der Waals surface area contributed by atoms with Gasteiger partial charge in [0.2, 0.25) is 0 Å². The summed E-state index contributed by atoms with van der Waals surface area (Å²) in [5.74, 6) is 0. The van der Waals surface area contributed by atoms with E-state index in [9.17, 15) is 0 Å². The molecule has 1 saturated heterocycles. The summed E-state index contributed by atoms with van der Waals surface area (Å²) < 4.78 is 0. The summed E-state index contributed by atoms with van der Waals surface area (Å²) >= 11 is 0. The molecule has 1 aliphatic rings. The van der Waals surface area contributed by atoms with Crippen molar-refractivity contribution in [2.24, 2.45) is 0 Å². The van der Waals surface area contributed by atoms with E-state index in [1.165, 1.54) is 12.6 Å². The SMILES string of the molecule is C[C@H]1C(P(P)P)CCP1P(P)P. The van der Waals surface area contributed by atoms with Crippen LogP contribution in [0.4, 0.5) is 0 Å². The molecular formula is C5H17P7. The molecule has 6 unspecified atom stereocenters. The summed E-state index contributed by atoms with van der Waals surface area (Å²) in [6, 6.07) is 0. The van der Waals surface area contributed by atoms with Gasteiger partial charge in [0.25, 0.3) is 0 Å². The summed E-state index contributed by atoms with van der Waals surface area (Å²) in [4.78, 5) is 0. The Bertz CT molecular complexity index is 131. The zero-order valence-electron chi connectivity index (χ0n) is 7.22. The molecule has 72 valence electrons. The third kappa shape index (κ3) is 3.26. The van der Waals surface area contributed by atoms with Crippen LogP contribution in [0.3, 0.4) is 0 Å². The predicted octanol–water partition coefficient (Wildman–Crippen LogP) is 4.67. The molecular weight excluding hydrogens is 277 g/mol. The van der Waals surface area contributed by atoms with Gasteiger partial charge in [-0.3, -0.25) is 0 Å². The summed E-state index contributed by atoms with van der Waals surface area (Å²) in [7, 11) is 12.6. The molecule has 0 amide bonds. The largest absolute Gasteiger partial charge is 0.107 e. The molecule has 0 aromatic rings. The molecule has 0 spiro atoms. The minimum Gasteiger partial charge on any atom is -0.107 e. The van der Waals surface area contributed by atoms with E-state index in [-0.39, 0.29) is 14.3 Å². The lowest BCUT2D eigenvalue weighted by Crippen LogP contribution is -2.08. The average molecular weight is 294 g/mol. The van der Waals surface area contributed by atoms with Gasteiger partial charge in [-0.1, -0.05) is 21.8 Å². The van der Waals surface area contributed by atoms with Gasteiger partial charge in [0.05, 0.1) is 0 Å². The van der Waals surface area contributed by atoms with Crippen molar-refractivity contribution < 1.29 is 0 Å². The fourth-order valence-electron chi connectivity index (χ4n) is 1.63. The predicted molar refractivity (Wildman–Crippen MR) is 82.3 cm³/mol. The smallest absolute Gasteiger partial charge is 0.00693 e. The first-order chi connectivity index (χ1) is 5.54. The van der Waals surface area contributed by atoms with Gasteiger partial charge < -0.3 is 0 Å². The highest BCUT2D eigenvalue weighted by Crippen LogP contribution is 2.85. The standard InChI is InChI=1S/C5H17P7/c1-4-5(11(6)7)2-3-10(4)12(8)9/h4-5H,2-3,6-9H2,1H3/t4-,5?,10?/m0/s1. The number of hydrogen-bond donors (Lipinski definition) is 0. The zero-order valence-corrected chi connectivity index (χ0v) is 14.5. The van der Waals surface area contributed by atoms with Crippen LogP contribution >= 0.6 is 57.6 Å². The Balaban J connectivity index is 2.55. The van der Waals surface area contributed by atoms with Crippen LogP contribution in [0.2, 0.25) is 0 Å². The second-order valence-electron chi connectivity index (χ2n) is 3.09. The van der Waals surface area contributed by atoms with Gasteiger partial charge in [0.1, 0.15) is 0 Å². The maximum atomic E-state index is 3.02. The van der Waals surface area contributed by atoms with Crippen molar-refractivity contribution >= 4 is 57.6 Å². The Labute approximate surface area is 88.5 Å². The third-order valence-electron chi connectivity index (χ3n) is 2.36. The number of rotatable bonds is 2. The van der Waals surface area contributed by atoms with Crippen molar-refractivity contribution in [3.8, 4) is 0 Å². The fourth-order valence-corrected chi connectivity index (χ4v) is 18.1. The average Bonchev–Trinajstić information content (AvgIpc) is 2.30. The molecule has 0 saturated carbocycles. The molecule has 0 aromatic heterocycles. The molecule has 1 aliphatic heterocycles. The minimum absolute atomic E-state index is 0.149. The zero-order chi connectivity index (χ0) is 9.30. The lowest BCUT2D eigenvalue weighted by atomic mass is 10.3. The van der Waals surface area contributed by atoms with Crippen molar-refractivity contribution in [2.45, 2.75) is 24.7 Å². The monoisotopic (exact) mass is 294 g/mol. The van der Waals surface area contributed by atoms with Crippen molar-refractivity contribution in [3.05, 3.63) is 0 Å². The van der Waals surface area contributed by atoms with E-state index in [0.29, 0.717) is 7.61 Å². The topological polar surface area (TPSA) is 0 Å². The van der Waals surface area contributed by atoms with Crippen molar-refractivity contribution in [2.75, 3.05) is 6.16 Å². The second-order valence-corrected chi connectivity index (χ2v) is 23.6. The Hall–Kier alpha value is 3.01. The highest BCUT2D eigenvalue weighted by molar-refractivity contribution is 8.72. The van der Waals surface area contributed by atoms with E-state index in [1.807, 2.05) is 0 Å². The maximum absolute atomic E-state index is 3.02. The first-order valence-corrected chi connectivity index (χ1v) is 15.4. The molecule has 0 aromatic carbocycles. The Kier molecular flexibility index (Phi) is 6.45. The van der Waals surface area contributed by atoms with E-state index in [0.717, 1.165) is 11.3 Å². The van der Waals surface area contributed by atoms with E-state index in [1.54, 1.807) is 0 Å². The first kappa shape index (κ1) is 13.1.